The second-order valence-corrected chi connectivity index (χ2v) is 8.77. The van der Waals surface area contributed by atoms with Gasteiger partial charge in [0.15, 0.2) is 0 Å². The van der Waals surface area contributed by atoms with Gasteiger partial charge in [0.05, 0.1) is 7.11 Å². The lowest BCUT2D eigenvalue weighted by Crippen LogP contribution is -2.47. The Morgan fingerprint density at radius 1 is 1.06 bits per heavy atom. The third-order valence-electron chi connectivity index (χ3n) is 6.34. The zero-order valence-corrected chi connectivity index (χ0v) is 19.8. The predicted octanol–water partition coefficient (Wildman–Crippen LogP) is 5.06. The minimum absolute atomic E-state index is 0.00847. The van der Waals surface area contributed by atoms with Crippen molar-refractivity contribution >= 4 is 11.8 Å². The van der Waals surface area contributed by atoms with E-state index in [1.54, 1.807) is 55.6 Å². The molecule has 0 unspecified atom stereocenters. The Kier molecular flexibility index (Phi) is 8.08. The molecular formula is C28H30FN3O3. The lowest BCUT2D eigenvalue weighted by molar-refractivity contribution is -0.127. The van der Waals surface area contributed by atoms with Crippen LogP contribution >= 0.6 is 0 Å². The summed E-state index contributed by atoms with van der Waals surface area (Å²) in [5, 5.41) is 3.10. The van der Waals surface area contributed by atoms with Gasteiger partial charge in [0.1, 0.15) is 23.3 Å². The molecule has 4 rings (SSSR count). The molecule has 1 aromatic heterocycles. The van der Waals surface area contributed by atoms with E-state index in [1.165, 1.54) is 17.2 Å². The van der Waals surface area contributed by atoms with Crippen LogP contribution in [0.5, 0.6) is 5.75 Å². The number of aromatic nitrogens is 1. The van der Waals surface area contributed by atoms with Crippen molar-refractivity contribution in [2.75, 3.05) is 7.11 Å². The van der Waals surface area contributed by atoms with Gasteiger partial charge >= 0.3 is 0 Å². The molecule has 6 nitrogen and oxygen atoms in total. The number of rotatable bonds is 8. The molecule has 7 heteroatoms. The van der Waals surface area contributed by atoms with Crippen LogP contribution in [0, 0.1) is 5.82 Å². The fourth-order valence-electron chi connectivity index (χ4n) is 4.56. The predicted molar refractivity (Wildman–Crippen MR) is 131 cm³/mol. The number of nitrogens with one attached hydrogen (secondary N) is 1. The maximum Gasteiger partial charge on any atom is 0.273 e. The van der Waals surface area contributed by atoms with Crippen molar-refractivity contribution in [3.05, 3.63) is 95.6 Å². The van der Waals surface area contributed by atoms with Crippen LogP contribution in [0.3, 0.4) is 0 Å². The van der Waals surface area contributed by atoms with E-state index in [-0.39, 0.29) is 23.8 Å². The molecule has 1 fully saturated rings. The summed E-state index contributed by atoms with van der Waals surface area (Å²) < 4.78 is 20.4. The first-order chi connectivity index (χ1) is 17.1. The third kappa shape index (κ3) is 6.04. The molecule has 1 aliphatic carbocycles. The lowest BCUT2D eigenvalue weighted by Gasteiger charge is -2.33. The minimum atomic E-state index is -1.17. The quantitative estimate of drug-likeness (QED) is 0.494. The Hall–Kier alpha value is -3.74. The van der Waals surface area contributed by atoms with E-state index in [0.29, 0.717) is 5.75 Å². The first-order valence-electron chi connectivity index (χ1n) is 12.0. The topological polar surface area (TPSA) is 71.5 Å². The highest BCUT2D eigenvalue weighted by atomic mass is 19.1. The van der Waals surface area contributed by atoms with Crippen molar-refractivity contribution in [3.8, 4) is 5.75 Å². The molecule has 182 valence electrons. The normalized spacial score (nSPS) is 14.7. The monoisotopic (exact) mass is 475 g/mol. The average Bonchev–Trinajstić information content (AvgIpc) is 2.90. The summed E-state index contributed by atoms with van der Waals surface area (Å²) in [4.78, 5) is 33.1. The van der Waals surface area contributed by atoms with Crippen LogP contribution < -0.4 is 10.1 Å². The summed E-state index contributed by atoms with van der Waals surface area (Å²) in [6, 6.07) is 17.3. The smallest absolute Gasteiger partial charge is 0.273 e. The summed E-state index contributed by atoms with van der Waals surface area (Å²) in [6.07, 6.45) is 6.49. The fourth-order valence-corrected chi connectivity index (χ4v) is 4.56. The first kappa shape index (κ1) is 24.4. The average molecular weight is 476 g/mol. The van der Waals surface area contributed by atoms with Crippen molar-refractivity contribution in [2.45, 2.75) is 50.7 Å². The number of nitrogens with zero attached hydrogens (tertiary/aromatic N) is 2. The van der Waals surface area contributed by atoms with Gasteiger partial charge in [-0.3, -0.25) is 14.6 Å². The molecule has 0 radical (unpaired) electrons. The van der Waals surface area contributed by atoms with E-state index in [9.17, 15) is 9.59 Å². The molecule has 2 amide bonds. The zero-order valence-electron chi connectivity index (χ0n) is 19.8. The molecular weight excluding hydrogens is 445 g/mol. The number of carbonyl (C=O) groups is 2. The molecule has 0 aliphatic heterocycles. The van der Waals surface area contributed by atoms with Crippen LogP contribution in [0.25, 0.3) is 0 Å². The Labute approximate surface area is 205 Å². The van der Waals surface area contributed by atoms with Crippen LogP contribution in [-0.4, -0.2) is 34.8 Å². The number of hydrogen-bond acceptors (Lipinski definition) is 4. The van der Waals surface area contributed by atoms with Gasteiger partial charge in [-0.2, -0.15) is 0 Å². The molecule has 1 aliphatic rings. The number of halogens is 1. The van der Waals surface area contributed by atoms with Crippen LogP contribution in [0.2, 0.25) is 0 Å². The lowest BCUT2D eigenvalue weighted by atomic mass is 9.94. The van der Waals surface area contributed by atoms with Crippen LogP contribution in [-0.2, 0) is 11.3 Å². The Morgan fingerprint density at radius 2 is 1.83 bits per heavy atom. The highest BCUT2D eigenvalue weighted by Gasteiger charge is 2.35. The maximum atomic E-state index is 15.1. The summed E-state index contributed by atoms with van der Waals surface area (Å²) in [5.41, 5.74) is 1.08. The molecule has 35 heavy (non-hydrogen) atoms. The maximum absolute atomic E-state index is 15.1. The number of amides is 2. The number of carbonyl (C=O) groups excluding carboxylic acids is 2. The number of pyridine rings is 1. The molecule has 1 atom stereocenters. The summed E-state index contributed by atoms with van der Waals surface area (Å²) >= 11 is 0. The van der Waals surface area contributed by atoms with Crippen LogP contribution in [0.4, 0.5) is 4.39 Å². The molecule has 2 aromatic carbocycles. The van der Waals surface area contributed by atoms with E-state index >= 15 is 4.39 Å². The highest BCUT2D eigenvalue weighted by molar-refractivity contribution is 5.96. The van der Waals surface area contributed by atoms with Gasteiger partial charge in [0.2, 0.25) is 5.91 Å². The molecule has 0 bridgehead atoms. The summed E-state index contributed by atoms with van der Waals surface area (Å²) in [5.74, 6) is -0.766. The zero-order chi connectivity index (χ0) is 24.6. The number of ether oxygens (including phenoxy) is 1. The van der Waals surface area contributed by atoms with Gasteiger partial charge in [-0.05, 0) is 48.7 Å². The SMILES string of the molecule is COc1cccc(CN(C(=O)c2ccccn2)[C@H](C(=O)NC2CCCCC2)c2ccccc2F)c1. The van der Waals surface area contributed by atoms with Crippen molar-refractivity contribution in [3.63, 3.8) is 0 Å². The van der Waals surface area contributed by atoms with Crippen LogP contribution in [0.1, 0.15) is 59.8 Å². The van der Waals surface area contributed by atoms with E-state index in [2.05, 4.69) is 10.3 Å². The van der Waals surface area contributed by atoms with Crippen LogP contribution in [0.15, 0.2) is 72.9 Å². The van der Waals surface area contributed by atoms with E-state index in [0.717, 1.165) is 37.7 Å². The van der Waals surface area contributed by atoms with Gasteiger partial charge in [-0.15, -0.1) is 0 Å². The van der Waals surface area contributed by atoms with Crippen molar-refractivity contribution < 1.29 is 18.7 Å². The molecule has 0 saturated heterocycles. The van der Waals surface area contributed by atoms with Gasteiger partial charge in [0, 0.05) is 24.3 Å². The Morgan fingerprint density at radius 3 is 2.54 bits per heavy atom. The van der Waals surface area contributed by atoms with E-state index < -0.39 is 23.7 Å². The second-order valence-electron chi connectivity index (χ2n) is 8.77. The largest absolute Gasteiger partial charge is 0.497 e. The number of benzene rings is 2. The van der Waals surface area contributed by atoms with E-state index in [4.69, 9.17) is 4.74 Å². The fraction of sp³-hybridized carbons (Fsp3) is 0.321. The van der Waals surface area contributed by atoms with Crippen molar-refractivity contribution in [1.82, 2.24) is 15.2 Å². The Balaban J connectivity index is 1.76. The standard InChI is InChI=1S/C28H30FN3O3/c1-35-22-13-9-10-20(18-22)19-32(28(34)25-16-7-8-17-30-25)26(23-14-5-6-15-24(23)29)27(33)31-21-11-3-2-4-12-21/h5-10,13-18,21,26H,2-4,11-12,19H2,1H3,(H,31,33)/t26-/m0/s1. The van der Waals surface area contributed by atoms with Crippen molar-refractivity contribution in [1.29, 1.82) is 0 Å². The van der Waals surface area contributed by atoms with Gasteiger partial charge in [-0.25, -0.2) is 4.39 Å². The second kappa shape index (κ2) is 11.6. The molecule has 1 heterocycles. The number of hydrogen-bond donors (Lipinski definition) is 1. The van der Waals surface area contributed by atoms with Gasteiger partial charge < -0.3 is 15.0 Å². The molecule has 0 spiro atoms. The molecule has 3 aromatic rings. The summed E-state index contributed by atoms with van der Waals surface area (Å²) in [7, 11) is 1.57. The molecule has 1 N–H and O–H groups in total. The van der Waals surface area contributed by atoms with Crippen molar-refractivity contribution in [2.24, 2.45) is 0 Å². The number of methoxy groups -OCH3 is 1. The highest BCUT2D eigenvalue weighted by Crippen LogP contribution is 2.29. The summed E-state index contributed by atoms with van der Waals surface area (Å²) in [6.45, 7) is 0.0731. The Bertz CT molecular complexity index is 1150. The van der Waals surface area contributed by atoms with Gasteiger partial charge in [0.25, 0.3) is 5.91 Å². The third-order valence-corrected chi connectivity index (χ3v) is 6.34. The minimum Gasteiger partial charge on any atom is -0.497 e. The molecule has 1 saturated carbocycles. The van der Waals surface area contributed by atoms with Gasteiger partial charge in [-0.1, -0.05) is 55.7 Å². The first-order valence-corrected chi connectivity index (χ1v) is 12.0. The van der Waals surface area contributed by atoms with E-state index in [1.807, 2.05) is 12.1 Å².